The van der Waals surface area contributed by atoms with Crippen LogP contribution in [0.4, 0.5) is 5.82 Å². The van der Waals surface area contributed by atoms with Gasteiger partial charge in [-0.15, -0.1) is 0 Å². The van der Waals surface area contributed by atoms with E-state index >= 15 is 0 Å². The molecule has 1 aliphatic heterocycles. The molecule has 0 saturated carbocycles. The Kier molecular flexibility index (Phi) is 11.3. The van der Waals surface area contributed by atoms with Gasteiger partial charge in [-0.2, -0.15) is 10.2 Å². The SMILES string of the molecule is CCOC(=O)[C@H](C)N[P@](=O)(OC[C@H]1O[C@@](C)(c2ccc3c(N)ncnn23)[C@H](OC(=O)C(C)C)[C@@H]1OC(=O)C(C)C)Oc1ccccc1. The van der Waals surface area contributed by atoms with Gasteiger partial charge in [0.1, 0.15) is 35.3 Å². The third-order valence-corrected chi connectivity index (χ3v) is 9.05. The number of nitrogens with one attached hydrogen (secondary N) is 1. The number of aromatic nitrogens is 3. The highest BCUT2D eigenvalue weighted by atomic mass is 31.2. The van der Waals surface area contributed by atoms with Crippen LogP contribution in [-0.2, 0) is 48.0 Å². The number of para-hydroxylation sites is 1. The van der Waals surface area contributed by atoms with Gasteiger partial charge in [0, 0.05) is 0 Å². The lowest BCUT2D eigenvalue weighted by Gasteiger charge is -2.31. The predicted molar refractivity (Wildman–Crippen MR) is 169 cm³/mol. The minimum Gasteiger partial charge on any atom is -0.465 e. The van der Waals surface area contributed by atoms with Crippen molar-refractivity contribution in [2.24, 2.45) is 11.8 Å². The molecule has 1 saturated heterocycles. The van der Waals surface area contributed by atoms with E-state index < -0.39 is 74.1 Å². The van der Waals surface area contributed by atoms with E-state index in [1.807, 2.05) is 0 Å². The zero-order chi connectivity index (χ0) is 34.5. The van der Waals surface area contributed by atoms with Crippen molar-refractivity contribution in [3.05, 3.63) is 54.5 Å². The quantitative estimate of drug-likeness (QED) is 0.142. The molecule has 3 heterocycles. The third-order valence-electron chi connectivity index (χ3n) is 7.40. The number of carbonyl (C=O) groups is 3. The fourth-order valence-corrected chi connectivity index (χ4v) is 6.41. The molecule has 0 unspecified atom stereocenters. The van der Waals surface area contributed by atoms with Crippen LogP contribution in [0.15, 0.2) is 48.8 Å². The molecule has 6 atom stereocenters. The summed E-state index contributed by atoms with van der Waals surface area (Å²) < 4.78 is 50.9. The number of nitrogen functional groups attached to an aromatic ring is 1. The summed E-state index contributed by atoms with van der Waals surface area (Å²) in [6.45, 7) is 11.0. The number of hydrogen-bond acceptors (Lipinski definition) is 13. The van der Waals surface area contributed by atoms with E-state index in [2.05, 4.69) is 15.2 Å². The number of nitrogens with zero attached hydrogens (tertiary/aromatic N) is 3. The second-order valence-corrected chi connectivity index (χ2v) is 13.5. The molecule has 0 spiro atoms. The average molecular weight is 676 g/mol. The van der Waals surface area contributed by atoms with Crippen LogP contribution in [0.25, 0.3) is 5.52 Å². The van der Waals surface area contributed by atoms with E-state index in [0.29, 0.717) is 11.2 Å². The van der Waals surface area contributed by atoms with Gasteiger partial charge in [0.05, 0.1) is 30.7 Å². The zero-order valence-corrected chi connectivity index (χ0v) is 28.3. The minimum atomic E-state index is -4.34. The van der Waals surface area contributed by atoms with Gasteiger partial charge in [0.15, 0.2) is 18.0 Å². The summed E-state index contributed by atoms with van der Waals surface area (Å²) in [6, 6.07) is 10.5. The van der Waals surface area contributed by atoms with Gasteiger partial charge in [-0.05, 0) is 45.0 Å². The number of esters is 3. The van der Waals surface area contributed by atoms with Gasteiger partial charge in [-0.3, -0.25) is 18.9 Å². The normalized spacial score (nSPS) is 23.0. The number of benzene rings is 1. The van der Waals surface area contributed by atoms with E-state index in [4.69, 9.17) is 33.7 Å². The Hall–Kier alpha value is -4.04. The molecule has 3 N–H and O–H groups in total. The molecule has 4 rings (SSSR count). The standard InChI is InChI=1S/C31H42N5O10P/c1-8-41-30(39)20(6)35-47(40,46-21-12-10-9-11-13-21)42-16-23-25(43-28(37)18(2)3)26(44-29(38)19(4)5)31(7,45-23)24-15-14-22-27(32)33-17-34-36(22)24/h9-15,17-20,23,25-26H,8,16H2,1-7H3,(H,35,40)(H2,32,33,34)/t20-,23+,25+,26+,31-,47-/m0/s1. The van der Waals surface area contributed by atoms with Crippen LogP contribution in [0.3, 0.4) is 0 Å². The highest BCUT2D eigenvalue weighted by Crippen LogP contribution is 2.48. The highest BCUT2D eigenvalue weighted by molar-refractivity contribution is 7.52. The second kappa shape index (κ2) is 14.8. The van der Waals surface area contributed by atoms with Crippen molar-refractivity contribution in [2.75, 3.05) is 18.9 Å². The van der Waals surface area contributed by atoms with E-state index in [9.17, 15) is 18.9 Å². The first kappa shape index (κ1) is 35.8. The number of rotatable bonds is 14. The van der Waals surface area contributed by atoms with Crippen molar-refractivity contribution in [1.82, 2.24) is 19.7 Å². The topological polar surface area (TPSA) is 192 Å². The lowest BCUT2D eigenvalue weighted by Crippen LogP contribution is -2.46. The summed E-state index contributed by atoms with van der Waals surface area (Å²) in [7, 11) is -4.34. The van der Waals surface area contributed by atoms with Gasteiger partial charge < -0.3 is 29.2 Å². The van der Waals surface area contributed by atoms with Gasteiger partial charge in [-0.1, -0.05) is 45.9 Å². The zero-order valence-electron chi connectivity index (χ0n) is 27.4. The number of hydrogen-bond donors (Lipinski definition) is 2. The molecular weight excluding hydrogens is 633 g/mol. The van der Waals surface area contributed by atoms with Crippen LogP contribution in [0.5, 0.6) is 5.75 Å². The fourth-order valence-electron chi connectivity index (χ4n) is 4.91. The number of carbonyl (C=O) groups excluding carboxylic acids is 3. The number of anilines is 1. The Morgan fingerprint density at radius 2 is 1.68 bits per heavy atom. The summed E-state index contributed by atoms with van der Waals surface area (Å²) in [4.78, 5) is 42.6. The molecule has 47 heavy (non-hydrogen) atoms. The molecular formula is C31H42N5O10P. The first-order chi connectivity index (χ1) is 22.2. The predicted octanol–water partition coefficient (Wildman–Crippen LogP) is 3.81. The van der Waals surface area contributed by atoms with Crippen LogP contribution in [0, 0.1) is 11.8 Å². The lowest BCUT2D eigenvalue weighted by molar-refractivity contribution is -0.175. The van der Waals surface area contributed by atoms with Crippen molar-refractivity contribution in [3.63, 3.8) is 0 Å². The third kappa shape index (κ3) is 8.10. The smallest absolute Gasteiger partial charge is 0.459 e. The number of fused-ring (bicyclic) bond motifs is 1. The Morgan fingerprint density at radius 1 is 1.02 bits per heavy atom. The van der Waals surface area contributed by atoms with Crippen molar-refractivity contribution in [1.29, 1.82) is 0 Å². The monoisotopic (exact) mass is 675 g/mol. The van der Waals surface area contributed by atoms with Crippen LogP contribution in [-0.4, -0.2) is 70.1 Å². The lowest BCUT2D eigenvalue weighted by atomic mass is 9.92. The van der Waals surface area contributed by atoms with E-state index in [0.717, 1.165) is 0 Å². The Morgan fingerprint density at radius 3 is 2.32 bits per heavy atom. The molecule has 2 aromatic heterocycles. The Balaban J connectivity index is 1.75. The van der Waals surface area contributed by atoms with E-state index in [1.54, 1.807) is 84.0 Å². The minimum absolute atomic E-state index is 0.106. The van der Waals surface area contributed by atoms with Gasteiger partial charge in [0.25, 0.3) is 0 Å². The van der Waals surface area contributed by atoms with E-state index in [-0.39, 0.29) is 18.2 Å². The summed E-state index contributed by atoms with van der Waals surface area (Å²) in [5.74, 6) is -2.54. The molecule has 1 aromatic carbocycles. The molecule has 1 aliphatic rings. The van der Waals surface area contributed by atoms with Gasteiger partial charge in [-0.25, -0.2) is 14.1 Å². The summed E-state index contributed by atoms with van der Waals surface area (Å²) in [5.41, 5.74) is 5.47. The van der Waals surface area contributed by atoms with Crippen molar-refractivity contribution < 1.29 is 46.9 Å². The van der Waals surface area contributed by atoms with Crippen LogP contribution >= 0.6 is 7.75 Å². The van der Waals surface area contributed by atoms with Crippen molar-refractivity contribution in [2.45, 2.75) is 78.4 Å². The molecule has 0 bridgehead atoms. The molecule has 0 aliphatic carbocycles. The molecule has 15 nitrogen and oxygen atoms in total. The highest BCUT2D eigenvalue weighted by Gasteiger charge is 2.59. The van der Waals surface area contributed by atoms with Crippen LogP contribution in [0.2, 0.25) is 0 Å². The first-order valence-corrected chi connectivity index (χ1v) is 16.8. The van der Waals surface area contributed by atoms with Gasteiger partial charge in [0.2, 0.25) is 0 Å². The largest absolute Gasteiger partial charge is 0.465 e. The molecule has 16 heteroatoms. The first-order valence-electron chi connectivity index (χ1n) is 15.3. The van der Waals surface area contributed by atoms with Crippen molar-refractivity contribution in [3.8, 4) is 5.75 Å². The number of ether oxygens (including phenoxy) is 4. The Bertz CT molecular complexity index is 1620. The molecule has 0 radical (unpaired) electrons. The maximum absolute atomic E-state index is 14.2. The fraction of sp³-hybridized carbons (Fsp3) is 0.516. The second-order valence-electron chi connectivity index (χ2n) is 11.8. The molecule has 3 aromatic rings. The Labute approximate surface area is 273 Å². The maximum atomic E-state index is 14.2. The van der Waals surface area contributed by atoms with E-state index in [1.165, 1.54) is 17.8 Å². The van der Waals surface area contributed by atoms with Crippen LogP contribution in [0.1, 0.15) is 54.2 Å². The van der Waals surface area contributed by atoms with Crippen molar-refractivity contribution >= 4 is 37.0 Å². The molecule has 0 amide bonds. The summed E-state index contributed by atoms with van der Waals surface area (Å²) in [5, 5.41) is 6.94. The molecule has 1 fully saturated rings. The average Bonchev–Trinajstić information content (AvgIpc) is 3.57. The number of nitrogens with two attached hydrogens (primary N) is 1. The van der Waals surface area contributed by atoms with Crippen LogP contribution < -0.4 is 15.3 Å². The summed E-state index contributed by atoms with van der Waals surface area (Å²) >= 11 is 0. The molecule has 256 valence electrons. The summed E-state index contributed by atoms with van der Waals surface area (Å²) in [6.07, 6.45) is -2.35. The maximum Gasteiger partial charge on any atom is 0.459 e. The van der Waals surface area contributed by atoms with Gasteiger partial charge >= 0.3 is 25.7 Å².